The average molecular weight is 241 g/mol. The maximum Gasteiger partial charge on any atom is 0.227 e. The van der Waals surface area contributed by atoms with E-state index in [-0.39, 0.29) is 24.5 Å². The molecule has 1 amide bonds. The van der Waals surface area contributed by atoms with Crippen molar-refractivity contribution in [3.63, 3.8) is 0 Å². The Labute approximate surface area is 103 Å². The molecule has 2 fully saturated rings. The van der Waals surface area contributed by atoms with Gasteiger partial charge in [0.2, 0.25) is 5.91 Å². The summed E-state index contributed by atoms with van der Waals surface area (Å²) in [5.74, 6) is 0.304. The largest absolute Gasteiger partial charge is 0.395 e. The Morgan fingerprint density at radius 3 is 2.47 bits per heavy atom. The third kappa shape index (κ3) is 2.97. The van der Waals surface area contributed by atoms with Gasteiger partial charge in [-0.05, 0) is 12.8 Å². The first-order valence-electron chi connectivity index (χ1n) is 6.60. The molecule has 1 saturated carbocycles. The lowest BCUT2D eigenvalue weighted by Gasteiger charge is -2.36. The molecule has 5 nitrogen and oxygen atoms in total. The Morgan fingerprint density at radius 1 is 1.24 bits per heavy atom. The highest BCUT2D eigenvalue weighted by Crippen LogP contribution is 2.26. The fraction of sp³-hybridized carbons (Fsp3) is 0.917. The monoisotopic (exact) mass is 241 g/mol. The summed E-state index contributed by atoms with van der Waals surface area (Å²) >= 11 is 0. The van der Waals surface area contributed by atoms with E-state index in [9.17, 15) is 4.79 Å². The number of nitrogens with two attached hydrogens (primary N) is 1. The minimum atomic E-state index is 0.0550. The Kier molecular flexibility index (Phi) is 4.36. The highest BCUT2D eigenvalue weighted by Gasteiger charge is 2.34. The van der Waals surface area contributed by atoms with Gasteiger partial charge in [-0.15, -0.1) is 0 Å². The number of hydrogen-bond acceptors (Lipinski definition) is 4. The maximum absolute atomic E-state index is 12.3. The molecule has 2 aliphatic rings. The number of piperazine rings is 1. The van der Waals surface area contributed by atoms with E-state index in [4.69, 9.17) is 10.8 Å². The first kappa shape index (κ1) is 12.8. The molecule has 0 radical (unpaired) electrons. The van der Waals surface area contributed by atoms with Gasteiger partial charge in [0, 0.05) is 38.8 Å². The van der Waals surface area contributed by atoms with Crippen LogP contribution in [0, 0.1) is 5.92 Å². The molecule has 2 rings (SSSR count). The quantitative estimate of drug-likeness (QED) is 0.682. The SMILES string of the molecule is N[C@@H]1CCC[C@H]1C(=O)N1CCN(CCO)CC1. The van der Waals surface area contributed by atoms with E-state index in [1.807, 2.05) is 4.90 Å². The highest BCUT2D eigenvalue weighted by molar-refractivity contribution is 5.80. The molecule has 0 aromatic heterocycles. The van der Waals surface area contributed by atoms with Crippen LogP contribution < -0.4 is 5.73 Å². The lowest BCUT2D eigenvalue weighted by atomic mass is 10.0. The van der Waals surface area contributed by atoms with Gasteiger partial charge < -0.3 is 15.7 Å². The molecule has 0 bridgehead atoms. The molecule has 1 aliphatic carbocycles. The summed E-state index contributed by atoms with van der Waals surface area (Å²) in [6, 6.07) is 0.0676. The predicted octanol–water partition coefficient (Wildman–Crippen LogP) is -0.750. The lowest BCUT2D eigenvalue weighted by molar-refractivity contribution is -0.137. The molecular formula is C12H23N3O2. The zero-order chi connectivity index (χ0) is 12.3. The van der Waals surface area contributed by atoms with Crippen molar-refractivity contribution in [1.29, 1.82) is 0 Å². The van der Waals surface area contributed by atoms with Gasteiger partial charge in [0.1, 0.15) is 0 Å². The van der Waals surface area contributed by atoms with E-state index >= 15 is 0 Å². The molecule has 0 aromatic carbocycles. The standard InChI is InChI=1S/C12H23N3O2/c13-11-3-1-2-10(11)12(17)15-6-4-14(5-7-15)8-9-16/h10-11,16H,1-9,13H2/t10-,11-/m1/s1. The first-order chi connectivity index (χ1) is 8.22. The van der Waals surface area contributed by atoms with Gasteiger partial charge >= 0.3 is 0 Å². The van der Waals surface area contributed by atoms with Gasteiger partial charge in [0.15, 0.2) is 0 Å². The van der Waals surface area contributed by atoms with Crippen molar-refractivity contribution in [3.8, 4) is 0 Å². The second kappa shape index (κ2) is 5.80. The number of nitrogens with zero attached hydrogens (tertiary/aromatic N) is 2. The van der Waals surface area contributed by atoms with Crippen molar-refractivity contribution in [3.05, 3.63) is 0 Å². The van der Waals surface area contributed by atoms with Crippen LogP contribution in [0.1, 0.15) is 19.3 Å². The van der Waals surface area contributed by atoms with Crippen LogP contribution >= 0.6 is 0 Å². The van der Waals surface area contributed by atoms with Crippen molar-refractivity contribution in [2.75, 3.05) is 39.3 Å². The zero-order valence-electron chi connectivity index (χ0n) is 10.3. The number of carbonyl (C=O) groups excluding carboxylic acids is 1. The van der Waals surface area contributed by atoms with Crippen LogP contribution in [0.5, 0.6) is 0 Å². The summed E-state index contributed by atoms with van der Waals surface area (Å²) in [5.41, 5.74) is 5.97. The minimum absolute atomic E-state index is 0.0550. The molecule has 1 aliphatic heterocycles. The summed E-state index contributed by atoms with van der Waals surface area (Å²) in [5, 5.41) is 8.86. The van der Waals surface area contributed by atoms with Gasteiger partial charge in [0.05, 0.1) is 12.5 Å². The number of amides is 1. The van der Waals surface area contributed by atoms with E-state index < -0.39 is 0 Å². The molecule has 98 valence electrons. The van der Waals surface area contributed by atoms with Crippen LogP contribution in [0.3, 0.4) is 0 Å². The van der Waals surface area contributed by atoms with Crippen LogP contribution in [-0.2, 0) is 4.79 Å². The second-order valence-electron chi connectivity index (χ2n) is 5.09. The van der Waals surface area contributed by atoms with Crippen LogP contribution in [0.25, 0.3) is 0 Å². The average Bonchev–Trinajstić information content (AvgIpc) is 2.76. The predicted molar refractivity (Wildman–Crippen MR) is 65.4 cm³/mol. The summed E-state index contributed by atoms with van der Waals surface area (Å²) in [7, 11) is 0. The molecule has 1 saturated heterocycles. The number of hydrogen-bond donors (Lipinski definition) is 2. The van der Waals surface area contributed by atoms with Crippen LogP contribution in [0.4, 0.5) is 0 Å². The number of aliphatic hydroxyl groups is 1. The van der Waals surface area contributed by atoms with Gasteiger partial charge in [0.25, 0.3) is 0 Å². The van der Waals surface area contributed by atoms with E-state index in [2.05, 4.69) is 4.90 Å². The van der Waals surface area contributed by atoms with Crippen LogP contribution in [-0.4, -0.2) is 66.2 Å². The van der Waals surface area contributed by atoms with Crippen LogP contribution in [0.2, 0.25) is 0 Å². The van der Waals surface area contributed by atoms with Crippen molar-refractivity contribution in [2.45, 2.75) is 25.3 Å². The number of rotatable bonds is 3. The van der Waals surface area contributed by atoms with Crippen molar-refractivity contribution in [2.24, 2.45) is 11.7 Å². The Balaban J connectivity index is 1.82. The Hall–Kier alpha value is -0.650. The highest BCUT2D eigenvalue weighted by atomic mass is 16.3. The van der Waals surface area contributed by atoms with Gasteiger partial charge in [-0.2, -0.15) is 0 Å². The normalized spacial score (nSPS) is 30.8. The molecule has 1 heterocycles. The topological polar surface area (TPSA) is 69.8 Å². The Morgan fingerprint density at radius 2 is 1.94 bits per heavy atom. The summed E-state index contributed by atoms with van der Waals surface area (Å²) in [6.45, 7) is 4.21. The van der Waals surface area contributed by atoms with Crippen molar-refractivity contribution >= 4 is 5.91 Å². The lowest BCUT2D eigenvalue weighted by Crippen LogP contribution is -2.52. The van der Waals surface area contributed by atoms with Gasteiger partial charge in [-0.25, -0.2) is 0 Å². The summed E-state index contributed by atoms with van der Waals surface area (Å²) in [6.07, 6.45) is 3.03. The van der Waals surface area contributed by atoms with E-state index in [1.54, 1.807) is 0 Å². The molecule has 0 spiro atoms. The smallest absolute Gasteiger partial charge is 0.227 e. The van der Waals surface area contributed by atoms with Gasteiger partial charge in [-0.3, -0.25) is 9.69 Å². The number of aliphatic hydroxyl groups excluding tert-OH is 1. The fourth-order valence-electron chi connectivity index (χ4n) is 2.86. The summed E-state index contributed by atoms with van der Waals surface area (Å²) in [4.78, 5) is 16.4. The molecule has 2 atom stereocenters. The molecule has 0 unspecified atom stereocenters. The third-order valence-corrected chi connectivity index (χ3v) is 3.99. The zero-order valence-corrected chi connectivity index (χ0v) is 10.3. The fourth-order valence-corrected chi connectivity index (χ4v) is 2.86. The van der Waals surface area contributed by atoms with Gasteiger partial charge in [-0.1, -0.05) is 6.42 Å². The second-order valence-corrected chi connectivity index (χ2v) is 5.09. The van der Waals surface area contributed by atoms with E-state index in [1.165, 1.54) is 0 Å². The summed E-state index contributed by atoms with van der Waals surface area (Å²) < 4.78 is 0. The minimum Gasteiger partial charge on any atom is -0.395 e. The van der Waals surface area contributed by atoms with Crippen molar-refractivity contribution in [1.82, 2.24) is 9.80 Å². The molecule has 5 heteroatoms. The first-order valence-corrected chi connectivity index (χ1v) is 6.60. The molecule has 0 aromatic rings. The Bertz CT molecular complexity index is 264. The molecular weight excluding hydrogens is 218 g/mol. The third-order valence-electron chi connectivity index (χ3n) is 3.99. The number of carbonyl (C=O) groups is 1. The van der Waals surface area contributed by atoms with E-state index in [0.717, 1.165) is 45.4 Å². The van der Waals surface area contributed by atoms with Crippen LogP contribution in [0.15, 0.2) is 0 Å². The maximum atomic E-state index is 12.3. The molecule has 3 N–H and O–H groups in total. The molecule has 17 heavy (non-hydrogen) atoms. The number of β-amino-alcohol motifs (C(OH)–C–C–N with tert-alkyl or cyclic N) is 1. The van der Waals surface area contributed by atoms with E-state index in [0.29, 0.717) is 6.54 Å². The van der Waals surface area contributed by atoms with Crippen molar-refractivity contribution < 1.29 is 9.90 Å².